The largest absolute Gasteiger partial charge is 0.416 e. The Labute approximate surface area is 121 Å². The number of rotatable bonds is 1. The van der Waals surface area contributed by atoms with Crippen LogP contribution in [0.5, 0.6) is 0 Å². The highest BCUT2D eigenvalue weighted by atomic mass is 35.5. The molecule has 1 N–H and O–H groups in total. The van der Waals surface area contributed by atoms with Crippen LogP contribution >= 0.6 is 11.6 Å². The van der Waals surface area contributed by atoms with Gasteiger partial charge >= 0.3 is 11.9 Å². The summed E-state index contributed by atoms with van der Waals surface area (Å²) in [4.78, 5) is 14.5. The third-order valence-electron chi connectivity index (χ3n) is 3.10. The molecule has 0 unspecified atom stereocenters. The first-order valence-electron chi connectivity index (χ1n) is 5.94. The Morgan fingerprint density at radius 3 is 2.33 bits per heavy atom. The molecule has 0 amide bonds. The van der Waals surface area contributed by atoms with Gasteiger partial charge in [0.05, 0.1) is 22.3 Å². The van der Waals surface area contributed by atoms with Crippen LogP contribution < -0.4 is 5.69 Å². The molecule has 0 fully saturated rings. The molecule has 0 spiro atoms. The second-order valence-corrected chi connectivity index (χ2v) is 4.91. The van der Waals surface area contributed by atoms with E-state index in [1.54, 1.807) is 24.3 Å². The summed E-state index contributed by atoms with van der Waals surface area (Å²) < 4.78 is 39.6. The van der Waals surface area contributed by atoms with Crippen molar-refractivity contribution in [3.8, 4) is 5.69 Å². The molecule has 0 saturated heterocycles. The lowest BCUT2D eigenvalue weighted by Gasteiger charge is -2.08. The van der Waals surface area contributed by atoms with Crippen LogP contribution in [0.3, 0.4) is 0 Å². The average Bonchev–Trinajstić information content (AvgIpc) is 2.74. The summed E-state index contributed by atoms with van der Waals surface area (Å²) in [5.74, 6) is 0. The van der Waals surface area contributed by atoms with Crippen molar-refractivity contribution in [2.24, 2.45) is 0 Å². The summed E-state index contributed by atoms with van der Waals surface area (Å²) in [5.41, 5.74) is -0.376. The number of aromatic amines is 1. The highest BCUT2D eigenvalue weighted by molar-refractivity contribution is 6.30. The SMILES string of the molecule is O=c1[nH]c2ccc(C(F)(F)F)cc2n1-c1ccc(Cl)cc1. The van der Waals surface area contributed by atoms with Crippen LogP contribution in [0.1, 0.15) is 5.56 Å². The fraction of sp³-hybridized carbons (Fsp3) is 0.0714. The van der Waals surface area contributed by atoms with Gasteiger partial charge in [0.15, 0.2) is 0 Å². The van der Waals surface area contributed by atoms with Crippen molar-refractivity contribution in [3.05, 3.63) is 63.5 Å². The van der Waals surface area contributed by atoms with E-state index in [1.165, 1.54) is 10.6 Å². The summed E-state index contributed by atoms with van der Waals surface area (Å²) in [6, 6.07) is 9.39. The van der Waals surface area contributed by atoms with E-state index in [-0.39, 0.29) is 5.52 Å². The highest BCUT2D eigenvalue weighted by Crippen LogP contribution is 2.31. The van der Waals surface area contributed by atoms with Gasteiger partial charge in [-0.15, -0.1) is 0 Å². The molecule has 2 aromatic carbocycles. The smallest absolute Gasteiger partial charge is 0.305 e. The second-order valence-electron chi connectivity index (χ2n) is 4.47. The second kappa shape index (κ2) is 4.66. The standard InChI is InChI=1S/C14H8ClF3N2O/c15-9-2-4-10(5-3-9)20-12-7-8(14(16,17)18)1-6-11(12)19-13(20)21/h1-7H,(H,19,21). The molecule has 0 radical (unpaired) electrons. The minimum Gasteiger partial charge on any atom is -0.305 e. The molecule has 21 heavy (non-hydrogen) atoms. The minimum atomic E-state index is -4.47. The average molecular weight is 313 g/mol. The minimum absolute atomic E-state index is 0.164. The molecular weight excluding hydrogens is 305 g/mol. The van der Waals surface area contributed by atoms with E-state index in [0.717, 1.165) is 12.1 Å². The normalized spacial score (nSPS) is 12.0. The summed E-state index contributed by atoms with van der Waals surface area (Å²) >= 11 is 5.77. The molecule has 0 aliphatic heterocycles. The first kappa shape index (κ1) is 13.8. The van der Waals surface area contributed by atoms with E-state index >= 15 is 0 Å². The van der Waals surface area contributed by atoms with Crippen molar-refractivity contribution in [2.45, 2.75) is 6.18 Å². The van der Waals surface area contributed by atoms with Gasteiger partial charge in [-0.1, -0.05) is 11.6 Å². The Kier molecular flexibility index (Phi) is 3.06. The summed E-state index contributed by atoms with van der Waals surface area (Å²) in [6.07, 6.45) is -4.47. The van der Waals surface area contributed by atoms with Crippen LogP contribution in [0.15, 0.2) is 47.3 Å². The van der Waals surface area contributed by atoms with Gasteiger partial charge in [0, 0.05) is 5.02 Å². The summed E-state index contributed by atoms with van der Waals surface area (Å²) in [6.45, 7) is 0. The molecule has 0 saturated carbocycles. The number of hydrogen-bond donors (Lipinski definition) is 1. The van der Waals surface area contributed by atoms with Gasteiger partial charge in [0.2, 0.25) is 0 Å². The zero-order chi connectivity index (χ0) is 15.2. The van der Waals surface area contributed by atoms with E-state index in [9.17, 15) is 18.0 Å². The molecule has 3 nitrogen and oxygen atoms in total. The van der Waals surface area contributed by atoms with Crippen molar-refractivity contribution in [3.63, 3.8) is 0 Å². The van der Waals surface area contributed by atoms with Crippen LogP contribution in [0.25, 0.3) is 16.7 Å². The van der Waals surface area contributed by atoms with Crippen molar-refractivity contribution in [1.82, 2.24) is 9.55 Å². The van der Waals surface area contributed by atoms with Crippen molar-refractivity contribution in [2.75, 3.05) is 0 Å². The zero-order valence-corrected chi connectivity index (χ0v) is 11.2. The van der Waals surface area contributed by atoms with Crippen molar-refractivity contribution < 1.29 is 13.2 Å². The lowest BCUT2D eigenvalue weighted by atomic mass is 10.2. The predicted molar refractivity (Wildman–Crippen MR) is 73.9 cm³/mol. The lowest BCUT2D eigenvalue weighted by Crippen LogP contribution is -2.14. The zero-order valence-electron chi connectivity index (χ0n) is 10.4. The number of H-pyrrole nitrogens is 1. The first-order valence-corrected chi connectivity index (χ1v) is 6.32. The third kappa shape index (κ3) is 2.42. The van der Waals surface area contributed by atoms with Gasteiger partial charge in [-0.25, -0.2) is 4.79 Å². The Morgan fingerprint density at radius 1 is 1.05 bits per heavy atom. The maximum atomic E-state index is 12.8. The molecule has 0 aliphatic rings. The number of imidazole rings is 1. The van der Waals surface area contributed by atoms with Gasteiger partial charge in [0.25, 0.3) is 0 Å². The molecule has 0 bridgehead atoms. The van der Waals surface area contributed by atoms with Gasteiger partial charge in [-0.05, 0) is 42.5 Å². The fourth-order valence-corrected chi connectivity index (χ4v) is 2.25. The Bertz CT molecular complexity index is 863. The molecule has 108 valence electrons. The van der Waals surface area contributed by atoms with Crippen molar-refractivity contribution in [1.29, 1.82) is 0 Å². The number of benzene rings is 2. The fourth-order valence-electron chi connectivity index (χ4n) is 2.13. The highest BCUT2D eigenvalue weighted by Gasteiger charge is 2.31. The summed E-state index contributed by atoms with van der Waals surface area (Å²) in [5, 5.41) is 0.475. The van der Waals surface area contributed by atoms with Crippen LogP contribution in [-0.4, -0.2) is 9.55 Å². The maximum Gasteiger partial charge on any atom is 0.416 e. The van der Waals surface area contributed by atoms with Crippen molar-refractivity contribution >= 4 is 22.6 Å². The van der Waals surface area contributed by atoms with E-state index in [1.807, 2.05) is 0 Å². The third-order valence-corrected chi connectivity index (χ3v) is 3.35. The molecule has 3 rings (SSSR count). The Hall–Kier alpha value is -2.21. The number of aromatic nitrogens is 2. The van der Waals surface area contributed by atoms with Gasteiger partial charge in [-0.2, -0.15) is 13.2 Å². The topological polar surface area (TPSA) is 37.8 Å². The van der Waals surface area contributed by atoms with Crippen LogP contribution in [0.2, 0.25) is 5.02 Å². The van der Waals surface area contributed by atoms with Crippen LogP contribution in [0.4, 0.5) is 13.2 Å². The van der Waals surface area contributed by atoms with E-state index < -0.39 is 17.4 Å². The molecule has 7 heteroatoms. The molecule has 0 atom stereocenters. The van der Waals surface area contributed by atoms with Gasteiger partial charge in [-0.3, -0.25) is 4.57 Å². The summed E-state index contributed by atoms with van der Waals surface area (Å²) in [7, 11) is 0. The molecule has 1 aromatic heterocycles. The quantitative estimate of drug-likeness (QED) is 0.725. The van der Waals surface area contributed by atoms with E-state index in [0.29, 0.717) is 16.2 Å². The monoisotopic (exact) mass is 312 g/mol. The molecule has 1 heterocycles. The first-order chi connectivity index (χ1) is 9.86. The van der Waals surface area contributed by atoms with Gasteiger partial charge < -0.3 is 4.98 Å². The maximum absolute atomic E-state index is 12.8. The number of nitrogens with one attached hydrogen (secondary N) is 1. The number of alkyl halides is 3. The van der Waals surface area contributed by atoms with E-state index in [4.69, 9.17) is 11.6 Å². The van der Waals surface area contributed by atoms with E-state index in [2.05, 4.69) is 4.98 Å². The van der Waals surface area contributed by atoms with Crippen LogP contribution in [-0.2, 0) is 6.18 Å². The van der Waals surface area contributed by atoms with Crippen LogP contribution in [0, 0.1) is 0 Å². The lowest BCUT2D eigenvalue weighted by molar-refractivity contribution is -0.137. The number of halogens is 4. The Balaban J connectivity index is 2.29. The molecular formula is C14H8ClF3N2O. The Morgan fingerprint density at radius 2 is 1.71 bits per heavy atom. The predicted octanol–water partition coefficient (Wildman–Crippen LogP) is 3.99. The number of nitrogens with zero attached hydrogens (tertiary/aromatic N) is 1. The van der Waals surface area contributed by atoms with Gasteiger partial charge in [0.1, 0.15) is 0 Å². The molecule has 3 aromatic rings. The molecule has 0 aliphatic carbocycles. The number of hydrogen-bond acceptors (Lipinski definition) is 1. The number of fused-ring (bicyclic) bond motifs is 1.